The third kappa shape index (κ3) is 3.38. The Hall–Kier alpha value is -1.50. The summed E-state index contributed by atoms with van der Waals surface area (Å²) in [5.41, 5.74) is 3.42. The van der Waals surface area contributed by atoms with Crippen molar-refractivity contribution in [2.24, 2.45) is 0 Å². The molecule has 1 heterocycles. The molecule has 1 N–H and O–H groups in total. The highest BCUT2D eigenvalue weighted by molar-refractivity contribution is 9.11. The van der Waals surface area contributed by atoms with Gasteiger partial charge in [0, 0.05) is 15.0 Å². The summed E-state index contributed by atoms with van der Waals surface area (Å²) in [6.45, 7) is 0.604. The van der Waals surface area contributed by atoms with Crippen LogP contribution in [0.4, 0.5) is 0 Å². The van der Waals surface area contributed by atoms with Crippen molar-refractivity contribution >= 4 is 42.8 Å². The van der Waals surface area contributed by atoms with E-state index in [1.54, 1.807) is 6.07 Å². The van der Waals surface area contributed by atoms with Crippen molar-refractivity contribution in [1.29, 1.82) is 0 Å². The first-order chi connectivity index (χ1) is 12.5. The number of fused-ring (bicyclic) bond motifs is 2. The fourth-order valence-corrected chi connectivity index (χ4v) is 5.14. The molecule has 0 aliphatic heterocycles. The van der Waals surface area contributed by atoms with Crippen LogP contribution in [0.1, 0.15) is 35.8 Å². The lowest BCUT2D eigenvalue weighted by molar-refractivity contribution is 0.208. The molecule has 6 heteroatoms. The zero-order chi connectivity index (χ0) is 18.3. The van der Waals surface area contributed by atoms with Crippen LogP contribution in [-0.4, -0.2) is 21.9 Å². The lowest BCUT2D eigenvalue weighted by Crippen LogP contribution is -2.29. The maximum Gasteiger partial charge on any atom is 0.258 e. The zero-order valence-electron chi connectivity index (χ0n) is 14.4. The third-order valence-corrected chi connectivity index (χ3v) is 6.11. The molecule has 1 aliphatic rings. The zero-order valence-corrected chi connectivity index (χ0v) is 17.6. The normalized spacial score (nSPS) is 16.8. The van der Waals surface area contributed by atoms with E-state index in [1.165, 1.54) is 17.5 Å². The quantitative estimate of drug-likeness (QED) is 0.581. The van der Waals surface area contributed by atoms with Crippen molar-refractivity contribution < 1.29 is 0 Å². The minimum atomic E-state index is -0.107. The highest BCUT2D eigenvalue weighted by Crippen LogP contribution is 2.34. The van der Waals surface area contributed by atoms with E-state index < -0.39 is 0 Å². The maximum absolute atomic E-state index is 12.5. The van der Waals surface area contributed by atoms with Crippen molar-refractivity contribution in [3.8, 4) is 0 Å². The Balaban J connectivity index is 1.67. The first kappa shape index (κ1) is 17.9. The lowest BCUT2D eigenvalue weighted by atomic mass is 9.87. The van der Waals surface area contributed by atoms with Gasteiger partial charge in [-0.2, -0.15) is 0 Å². The van der Waals surface area contributed by atoms with Gasteiger partial charge in [0.15, 0.2) is 0 Å². The first-order valence-corrected chi connectivity index (χ1v) is 10.3. The Morgan fingerprint density at radius 1 is 1.27 bits per heavy atom. The third-order valence-electron chi connectivity index (χ3n) is 5.05. The van der Waals surface area contributed by atoms with Gasteiger partial charge >= 0.3 is 0 Å². The van der Waals surface area contributed by atoms with E-state index in [9.17, 15) is 4.79 Å². The molecule has 3 aromatic rings. The summed E-state index contributed by atoms with van der Waals surface area (Å²) < 4.78 is 1.67. The van der Waals surface area contributed by atoms with Gasteiger partial charge in [-0.1, -0.05) is 40.2 Å². The van der Waals surface area contributed by atoms with Crippen LogP contribution in [0.25, 0.3) is 10.9 Å². The van der Waals surface area contributed by atoms with E-state index in [-0.39, 0.29) is 5.56 Å². The summed E-state index contributed by atoms with van der Waals surface area (Å²) >= 11 is 6.95. The number of H-pyrrole nitrogens is 1. The van der Waals surface area contributed by atoms with Crippen molar-refractivity contribution in [1.82, 2.24) is 14.9 Å². The number of aryl methyl sites for hydroxylation is 1. The molecule has 0 spiro atoms. The molecular formula is C20H19Br2N3O. The highest BCUT2D eigenvalue weighted by atomic mass is 79.9. The SMILES string of the molecule is CN(Cc1nc2c(Br)cc(Br)cc2c(=O)[nH]1)[C@@H]1CCCc2ccccc21. The predicted molar refractivity (Wildman–Crippen MR) is 111 cm³/mol. The van der Waals surface area contributed by atoms with Crippen LogP contribution in [0.2, 0.25) is 0 Å². The van der Waals surface area contributed by atoms with Crippen LogP contribution >= 0.6 is 31.9 Å². The van der Waals surface area contributed by atoms with Gasteiger partial charge in [-0.05, 0) is 65.5 Å². The fraction of sp³-hybridized carbons (Fsp3) is 0.300. The Labute approximate surface area is 168 Å². The number of nitrogens with one attached hydrogen (secondary N) is 1. The van der Waals surface area contributed by atoms with Crippen molar-refractivity contribution in [3.05, 3.63) is 72.6 Å². The van der Waals surface area contributed by atoms with Gasteiger partial charge in [0.2, 0.25) is 0 Å². The number of benzene rings is 2. The van der Waals surface area contributed by atoms with E-state index in [4.69, 9.17) is 4.98 Å². The average molecular weight is 477 g/mol. The van der Waals surface area contributed by atoms with E-state index >= 15 is 0 Å². The molecule has 134 valence electrons. The molecule has 26 heavy (non-hydrogen) atoms. The lowest BCUT2D eigenvalue weighted by Gasteiger charge is -2.33. The van der Waals surface area contributed by atoms with Crippen LogP contribution in [0.3, 0.4) is 0 Å². The average Bonchev–Trinajstić information content (AvgIpc) is 2.62. The molecule has 4 rings (SSSR count). The molecular weight excluding hydrogens is 458 g/mol. The van der Waals surface area contributed by atoms with Crippen LogP contribution in [-0.2, 0) is 13.0 Å². The van der Waals surface area contributed by atoms with E-state index in [0.717, 1.165) is 21.8 Å². The molecule has 0 radical (unpaired) electrons. The molecule has 1 aromatic heterocycles. The summed E-state index contributed by atoms with van der Waals surface area (Å²) in [6, 6.07) is 12.7. The van der Waals surface area contributed by atoms with Gasteiger partial charge in [-0.3, -0.25) is 9.69 Å². The van der Waals surface area contributed by atoms with Crippen LogP contribution in [0.15, 0.2) is 50.1 Å². The van der Waals surface area contributed by atoms with Crippen molar-refractivity contribution in [2.75, 3.05) is 7.05 Å². The molecule has 0 saturated carbocycles. The van der Waals surface area contributed by atoms with Crippen molar-refractivity contribution in [2.45, 2.75) is 31.8 Å². The Morgan fingerprint density at radius 3 is 2.92 bits per heavy atom. The number of nitrogens with zero attached hydrogens (tertiary/aromatic N) is 2. The van der Waals surface area contributed by atoms with Crippen LogP contribution in [0.5, 0.6) is 0 Å². The van der Waals surface area contributed by atoms with Crippen LogP contribution in [0, 0.1) is 0 Å². The minimum absolute atomic E-state index is 0.107. The molecule has 0 bridgehead atoms. The standard InChI is InChI=1S/C20H19Br2N3O/c1-25(17-8-4-6-12-5-2-3-7-14(12)17)11-18-23-19-15(20(26)24-18)9-13(21)10-16(19)22/h2-3,5,7,9-10,17H,4,6,8,11H2,1H3,(H,23,24,26)/t17-/m1/s1. The molecule has 2 aromatic carbocycles. The highest BCUT2D eigenvalue weighted by Gasteiger charge is 2.24. The monoisotopic (exact) mass is 475 g/mol. The fourth-order valence-electron chi connectivity index (χ4n) is 3.82. The summed E-state index contributed by atoms with van der Waals surface area (Å²) in [6.07, 6.45) is 3.46. The van der Waals surface area contributed by atoms with Crippen molar-refractivity contribution in [3.63, 3.8) is 0 Å². The number of hydrogen-bond donors (Lipinski definition) is 1. The second-order valence-corrected chi connectivity index (χ2v) is 8.59. The second kappa shape index (κ2) is 7.25. The number of aromatic nitrogens is 2. The topological polar surface area (TPSA) is 49.0 Å². The number of rotatable bonds is 3. The molecule has 1 atom stereocenters. The van der Waals surface area contributed by atoms with Gasteiger partial charge in [0.1, 0.15) is 5.82 Å². The smallest absolute Gasteiger partial charge is 0.258 e. The number of halogens is 2. The molecule has 1 aliphatic carbocycles. The number of aromatic amines is 1. The largest absolute Gasteiger partial charge is 0.309 e. The Morgan fingerprint density at radius 2 is 2.08 bits per heavy atom. The summed E-state index contributed by atoms with van der Waals surface area (Å²) in [5.74, 6) is 0.691. The summed E-state index contributed by atoms with van der Waals surface area (Å²) in [4.78, 5) is 22.4. The maximum atomic E-state index is 12.5. The van der Waals surface area contributed by atoms with Gasteiger partial charge in [0.05, 0.1) is 17.4 Å². The van der Waals surface area contributed by atoms with Gasteiger partial charge < -0.3 is 4.98 Å². The molecule has 0 amide bonds. The molecule has 4 nitrogen and oxygen atoms in total. The number of hydrogen-bond acceptors (Lipinski definition) is 3. The minimum Gasteiger partial charge on any atom is -0.309 e. The van der Waals surface area contributed by atoms with E-state index in [2.05, 4.69) is 73.1 Å². The van der Waals surface area contributed by atoms with E-state index in [1.807, 2.05) is 6.07 Å². The Bertz CT molecular complexity index is 1030. The van der Waals surface area contributed by atoms with Crippen LogP contribution < -0.4 is 5.56 Å². The van der Waals surface area contributed by atoms with Gasteiger partial charge in [-0.15, -0.1) is 0 Å². The van der Waals surface area contributed by atoms with E-state index in [0.29, 0.717) is 29.3 Å². The molecule has 0 unspecified atom stereocenters. The summed E-state index contributed by atoms with van der Waals surface area (Å²) in [7, 11) is 2.10. The first-order valence-electron chi connectivity index (χ1n) is 8.69. The summed E-state index contributed by atoms with van der Waals surface area (Å²) in [5, 5.41) is 0.584. The predicted octanol–water partition coefficient (Wildman–Crippen LogP) is 4.96. The van der Waals surface area contributed by atoms with Gasteiger partial charge in [-0.25, -0.2) is 4.98 Å². The second-order valence-electron chi connectivity index (χ2n) is 6.82. The van der Waals surface area contributed by atoms with Gasteiger partial charge in [0.25, 0.3) is 5.56 Å². The molecule has 0 fully saturated rings. The Kier molecular flexibility index (Phi) is 4.99. The molecule has 0 saturated heterocycles.